The number of amides is 1. The summed E-state index contributed by atoms with van der Waals surface area (Å²) in [6.45, 7) is 6.66. The molecule has 0 saturated carbocycles. The van der Waals surface area contributed by atoms with Crippen LogP contribution in [0.5, 0.6) is 5.75 Å². The van der Waals surface area contributed by atoms with Crippen molar-refractivity contribution >= 4 is 28.9 Å². The summed E-state index contributed by atoms with van der Waals surface area (Å²) < 4.78 is 5.83. The minimum Gasteiger partial charge on any atom is -0.491 e. The molecule has 2 rings (SSSR count). The van der Waals surface area contributed by atoms with Crippen LogP contribution in [0.25, 0.3) is 0 Å². The van der Waals surface area contributed by atoms with Crippen LogP contribution in [0.1, 0.15) is 28.4 Å². The van der Waals surface area contributed by atoms with E-state index in [1.165, 1.54) is 11.1 Å². The highest BCUT2D eigenvalue weighted by Gasteiger charge is 2.09. The lowest BCUT2D eigenvalue weighted by molar-refractivity contribution is 0.0827. The molecule has 0 radical (unpaired) electrons. The van der Waals surface area contributed by atoms with Crippen LogP contribution >= 0.6 is 12.2 Å². The molecule has 0 bridgehead atoms. The van der Waals surface area contributed by atoms with E-state index in [4.69, 9.17) is 17.0 Å². The SMILES string of the molecule is Cc1ccc(OC[C@@H](C)NC(=S)Nc2ccc(C(=O)N(C)C)cc2)cc1C. The van der Waals surface area contributed by atoms with Crippen molar-refractivity contribution in [2.75, 3.05) is 26.0 Å². The van der Waals surface area contributed by atoms with Gasteiger partial charge in [-0.2, -0.15) is 0 Å². The molecule has 2 aromatic rings. The highest BCUT2D eigenvalue weighted by atomic mass is 32.1. The number of hydrogen-bond acceptors (Lipinski definition) is 3. The summed E-state index contributed by atoms with van der Waals surface area (Å²) in [4.78, 5) is 13.5. The fraction of sp³-hybridized carbons (Fsp3) is 0.333. The molecule has 2 aromatic carbocycles. The molecule has 0 fully saturated rings. The maximum atomic E-state index is 11.9. The zero-order chi connectivity index (χ0) is 20.0. The van der Waals surface area contributed by atoms with Gasteiger partial charge in [0.05, 0.1) is 6.04 Å². The minimum absolute atomic E-state index is 0.0284. The Kier molecular flexibility index (Phi) is 7.19. The zero-order valence-corrected chi connectivity index (χ0v) is 17.3. The van der Waals surface area contributed by atoms with E-state index in [-0.39, 0.29) is 11.9 Å². The molecule has 144 valence electrons. The number of rotatable bonds is 6. The first-order valence-electron chi connectivity index (χ1n) is 8.85. The van der Waals surface area contributed by atoms with Crippen molar-refractivity contribution in [1.82, 2.24) is 10.2 Å². The topological polar surface area (TPSA) is 53.6 Å². The Morgan fingerprint density at radius 3 is 2.37 bits per heavy atom. The molecule has 2 N–H and O–H groups in total. The van der Waals surface area contributed by atoms with E-state index in [0.29, 0.717) is 17.3 Å². The first-order chi connectivity index (χ1) is 12.8. The molecule has 0 unspecified atom stereocenters. The Hall–Kier alpha value is -2.60. The Labute approximate surface area is 166 Å². The van der Waals surface area contributed by atoms with Crippen molar-refractivity contribution in [2.45, 2.75) is 26.8 Å². The van der Waals surface area contributed by atoms with Crippen LogP contribution < -0.4 is 15.4 Å². The van der Waals surface area contributed by atoms with Crippen LogP contribution in [0, 0.1) is 13.8 Å². The third-order valence-corrected chi connectivity index (χ3v) is 4.37. The van der Waals surface area contributed by atoms with Crippen molar-refractivity contribution in [2.24, 2.45) is 0 Å². The molecule has 5 nitrogen and oxygen atoms in total. The average Bonchev–Trinajstić information content (AvgIpc) is 2.62. The molecular formula is C21H27N3O2S. The summed E-state index contributed by atoms with van der Waals surface area (Å²) in [7, 11) is 3.46. The van der Waals surface area contributed by atoms with Crippen molar-refractivity contribution in [3.8, 4) is 5.75 Å². The molecule has 1 atom stereocenters. The smallest absolute Gasteiger partial charge is 0.253 e. The van der Waals surface area contributed by atoms with E-state index < -0.39 is 0 Å². The molecule has 0 heterocycles. The number of carbonyl (C=O) groups excluding carboxylic acids is 1. The summed E-state index contributed by atoms with van der Waals surface area (Å²) >= 11 is 5.35. The van der Waals surface area contributed by atoms with E-state index >= 15 is 0 Å². The first-order valence-corrected chi connectivity index (χ1v) is 9.26. The average molecular weight is 386 g/mol. The van der Waals surface area contributed by atoms with Crippen LogP contribution in [0.4, 0.5) is 5.69 Å². The van der Waals surface area contributed by atoms with Crippen molar-refractivity contribution in [3.63, 3.8) is 0 Å². The van der Waals surface area contributed by atoms with Gasteiger partial charge in [-0.25, -0.2) is 0 Å². The number of nitrogens with one attached hydrogen (secondary N) is 2. The summed E-state index contributed by atoms with van der Waals surface area (Å²) in [5.74, 6) is 0.825. The van der Waals surface area contributed by atoms with E-state index in [1.54, 1.807) is 31.1 Å². The second kappa shape index (κ2) is 9.37. The third kappa shape index (κ3) is 6.25. The van der Waals surface area contributed by atoms with Gasteiger partial charge in [-0.15, -0.1) is 0 Å². The maximum absolute atomic E-state index is 11.9. The van der Waals surface area contributed by atoms with Crippen LogP contribution in [0.15, 0.2) is 42.5 Å². The standard InChI is InChI=1S/C21H27N3O2S/c1-14-6-11-19(12-15(14)2)26-13-16(3)22-21(27)23-18-9-7-17(8-10-18)20(25)24(4)5/h6-12,16H,13H2,1-5H3,(H2,22,23,27)/t16-/m1/s1. The number of anilines is 1. The van der Waals surface area contributed by atoms with E-state index in [0.717, 1.165) is 11.4 Å². The molecule has 0 aliphatic heterocycles. The maximum Gasteiger partial charge on any atom is 0.253 e. The normalized spacial score (nSPS) is 11.4. The highest BCUT2D eigenvalue weighted by Crippen LogP contribution is 2.16. The van der Waals surface area contributed by atoms with E-state index in [1.807, 2.05) is 31.2 Å². The quantitative estimate of drug-likeness (QED) is 0.742. The van der Waals surface area contributed by atoms with E-state index in [2.05, 4.69) is 30.5 Å². The molecular weight excluding hydrogens is 358 g/mol. The summed E-state index contributed by atoms with van der Waals surface area (Å²) in [5, 5.41) is 6.84. The van der Waals surface area contributed by atoms with Gasteiger partial charge in [0.15, 0.2) is 5.11 Å². The number of ether oxygens (including phenoxy) is 1. The molecule has 27 heavy (non-hydrogen) atoms. The Bertz CT molecular complexity index is 804. The number of hydrogen-bond donors (Lipinski definition) is 2. The Morgan fingerprint density at radius 1 is 1.11 bits per heavy atom. The monoisotopic (exact) mass is 385 g/mol. The lowest BCUT2D eigenvalue weighted by Crippen LogP contribution is -2.39. The number of carbonyl (C=O) groups is 1. The van der Waals surface area contributed by atoms with Crippen LogP contribution in [0.3, 0.4) is 0 Å². The fourth-order valence-electron chi connectivity index (χ4n) is 2.41. The number of thiocarbonyl (C=S) groups is 1. The van der Waals surface area contributed by atoms with Crippen LogP contribution in [-0.4, -0.2) is 42.7 Å². The van der Waals surface area contributed by atoms with Crippen molar-refractivity contribution in [3.05, 3.63) is 59.2 Å². The van der Waals surface area contributed by atoms with Crippen molar-refractivity contribution in [1.29, 1.82) is 0 Å². The Morgan fingerprint density at radius 2 is 1.78 bits per heavy atom. The van der Waals surface area contributed by atoms with Gasteiger partial charge in [-0.1, -0.05) is 6.07 Å². The molecule has 0 aliphatic carbocycles. The molecule has 0 saturated heterocycles. The predicted molar refractivity (Wildman–Crippen MR) is 115 cm³/mol. The Balaban J connectivity index is 1.82. The second-order valence-corrected chi connectivity index (χ2v) is 7.24. The van der Waals surface area contributed by atoms with Crippen LogP contribution in [-0.2, 0) is 0 Å². The van der Waals surface area contributed by atoms with Gasteiger partial charge in [-0.3, -0.25) is 4.79 Å². The molecule has 1 amide bonds. The zero-order valence-electron chi connectivity index (χ0n) is 16.5. The lowest BCUT2D eigenvalue weighted by Gasteiger charge is -2.18. The molecule has 0 aromatic heterocycles. The predicted octanol–water partition coefficient (Wildman–Crippen LogP) is 3.76. The summed E-state index contributed by atoms with van der Waals surface area (Å²) in [6, 6.07) is 13.3. The number of nitrogens with zero attached hydrogens (tertiary/aromatic N) is 1. The summed E-state index contributed by atoms with van der Waals surface area (Å²) in [5.41, 5.74) is 3.92. The third-order valence-electron chi connectivity index (χ3n) is 4.15. The van der Waals surface area contributed by atoms with Gasteiger partial charge < -0.3 is 20.3 Å². The van der Waals surface area contributed by atoms with Gasteiger partial charge in [0.2, 0.25) is 0 Å². The van der Waals surface area contributed by atoms with Crippen molar-refractivity contribution < 1.29 is 9.53 Å². The van der Waals surface area contributed by atoms with Gasteiger partial charge >= 0.3 is 0 Å². The minimum atomic E-state index is -0.0284. The molecule has 0 aliphatic rings. The lowest BCUT2D eigenvalue weighted by atomic mass is 10.1. The van der Waals surface area contributed by atoms with Gasteiger partial charge in [0.1, 0.15) is 12.4 Å². The van der Waals surface area contributed by atoms with Gasteiger partial charge in [0.25, 0.3) is 5.91 Å². The van der Waals surface area contributed by atoms with Crippen LogP contribution in [0.2, 0.25) is 0 Å². The highest BCUT2D eigenvalue weighted by molar-refractivity contribution is 7.80. The molecule has 6 heteroatoms. The van der Waals surface area contributed by atoms with Gasteiger partial charge in [-0.05, 0) is 80.5 Å². The van der Waals surface area contributed by atoms with Gasteiger partial charge in [0, 0.05) is 25.3 Å². The van der Waals surface area contributed by atoms with E-state index in [9.17, 15) is 4.79 Å². The number of benzene rings is 2. The second-order valence-electron chi connectivity index (χ2n) is 6.83. The summed E-state index contributed by atoms with van der Waals surface area (Å²) in [6.07, 6.45) is 0. The fourth-order valence-corrected chi connectivity index (χ4v) is 2.73. The largest absolute Gasteiger partial charge is 0.491 e. The number of aryl methyl sites for hydroxylation is 2. The molecule has 0 spiro atoms. The first kappa shape index (κ1) is 20.7.